The first-order chi connectivity index (χ1) is 13.5. The first-order valence-corrected chi connectivity index (χ1v) is 9.57. The second-order valence-electron chi connectivity index (χ2n) is 6.40. The Bertz CT molecular complexity index is 968. The second-order valence-corrected chi connectivity index (χ2v) is 7.34. The maximum absolute atomic E-state index is 12.3. The van der Waals surface area contributed by atoms with Crippen molar-refractivity contribution in [3.8, 4) is 11.6 Å². The molecule has 0 atom stereocenters. The Balaban J connectivity index is 1.72. The van der Waals surface area contributed by atoms with Crippen LogP contribution in [0.15, 0.2) is 52.2 Å². The summed E-state index contributed by atoms with van der Waals surface area (Å²) < 4.78 is 7.33. The van der Waals surface area contributed by atoms with Crippen molar-refractivity contribution in [2.75, 3.05) is 11.1 Å². The number of furan rings is 1. The minimum absolute atomic E-state index is 0.0421. The normalized spacial score (nSPS) is 11.0. The summed E-state index contributed by atoms with van der Waals surface area (Å²) in [5.74, 6) is 1.22. The number of carbonyl (C=O) groups is 1. The van der Waals surface area contributed by atoms with E-state index in [1.807, 2.05) is 4.57 Å². The van der Waals surface area contributed by atoms with Gasteiger partial charge in [-0.1, -0.05) is 37.7 Å². The molecule has 0 spiro atoms. The van der Waals surface area contributed by atoms with Crippen molar-refractivity contribution in [1.29, 1.82) is 0 Å². The van der Waals surface area contributed by atoms with Crippen molar-refractivity contribution in [3.05, 3.63) is 52.8 Å². The third-order valence-corrected chi connectivity index (χ3v) is 4.68. The number of benzene rings is 1. The lowest BCUT2D eigenvalue weighted by molar-refractivity contribution is -0.383. The lowest BCUT2D eigenvalue weighted by atomic mass is 10.2. The van der Waals surface area contributed by atoms with Gasteiger partial charge < -0.3 is 9.73 Å². The molecular formula is C18H19N5O4S. The van der Waals surface area contributed by atoms with E-state index in [2.05, 4.69) is 29.4 Å². The number of anilines is 1. The Morgan fingerprint density at radius 2 is 2.07 bits per heavy atom. The molecular weight excluding hydrogens is 382 g/mol. The molecule has 0 fully saturated rings. The zero-order valence-corrected chi connectivity index (χ0v) is 16.2. The van der Waals surface area contributed by atoms with Crippen molar-refractivity contribution in [3.63, 3.8) is 0 Å². The van der Waals surface area contributed by atoms with E-state index in [9.17, 15) is 14.9 Å². The van der Waals surface area contributed by atoms with Gasteiger partial charge in [-0.2, -0.15) is 0 Å². The topological polar surface area (TPSA) is 116 Å². The van der Waals surface area contributed by atoms with Crippen LogP contribution in [0.1, 0.15) is 13.8 Å². The van der Waals surface area contributed by atoms with Gasteiger partial charge in [0.1, 0.15) is 5.69 Å². The molecule has 28 heavy (non-hydrogen) atoms. The number of hydrogen-bond donors (Lipinski definition) is 1. The first-order valence-electron chi connectivity index (χ1n) is 8.59. The maximum Gasteiger partial charge on any atom is 0.292 e. The Labute approximate surface area is 165 Å². The zero-order chi connectivity index (χ0) is 20.1. The zero-order valence-electron chi connectivity index (χ0n) is 15.4. The van der Waals surface area contributed by atoms with Gasteiger partial charge in [-0.3, -0.25) is 19.5 Å². The number of carbonyl (C=O) groups excluding carboxylic acids is 1. The van der Waals surface area contributed by atoms with Crippen LogP contribution in [0.3, 0.4) is 0 Å². The van der Waals surface area contributed by atoms with Gasteiger partial charge in [0.05, 0.1) is 16.9 Å². The number of amides is 1. The van der Waals surface area contributed by atoms with Gasteiger partial charge in [0.15, 0.2) is 16.7 Å². The highest BCUT2D eigenvalue weighted by molar-refractivity contribution is 7.99. The Hall–Kier alpha value is -3.14. The third kappa shape index (κ3) is 4.58. The predicted octanol–water partition coefficient (Wildman–Crippen LogP) is 3.83. The molecule has 0 saturated carbocycles. The van der Waals surface area contributed by atoms with E-state index < -0.39 is 4.92 Å². The summed E-state index contributed by atoms with van der Waals surface area (Å²) in [5.41, 5.74) is 0.0157. The monoisotopic (exact) mass is 401 g/mol. The van der Waals surface area contributed by atoms with Crippen LogP contribution in [0, 0.1) is 16.0 Å². The highest BCUT2D eigenvalue weighted by Gasteiger charge is 2.19. The standard InChI is InChI=1S/C18H19N5O4S/c1-12(2)10-22-17(15-8-5-9-27-15)20-21-18(22)28-11-16(24)19-13-6-3-4-7-14(13)23(25)26/h3-9,12H,10-11H2,1-2H3,(H,19,24). The van der Waals surface area contributed by atoms with E-state index in [4.69, 9.17) is 4.42 Å². The average Bonchev–Trinajstić information content (AvgIpc) is 3.29. The SMILES string of the molecule is CC(C)Cn1c(SCC(=O)Nc2ccccc2[N+](=O)[O-])nnc1-c1ccco1. The van der Waals surface area contributed by atoms with Crippen LogP contribution in [0.2, 0.25) is 0 Å². The molecule has 0 aliphatic rings. The van der Waals surface area contributed by atoms with E-state index in [1.54, 1.807) is 30.5 Å². The van der Waals surface area contributed by atoms with Crippen LogP contribution in [0.4, 0.5) is 11.4 Å². The summed E-state index contributed by atoms with van der Waals surface area (Å²) in [6.07, 6.45) is 1.57. The summed E-state index contributed by atoms with van der Waals surface area (Å²) in [7, 11) is 0. The predicted molar refractivity (Wildman–Crippen MR) is 105 cm³/mol. The summed E-state index contributed by atoms with van der Waals surface area (Å²) in [5, 5.41) is 22.6. The minimum atomic E-state index is -0.530. The van der Waals surface area contributed by atoms with Gasteiger partial charge in [0.25, 0.3) is 5.69 Å². The van der Waals surface area contributed by atoms with Crippen molar-refractivity contribution in [2.45, 2.75) is 25.5 Å². The summed E-state index contributed by atoms with van der Waals surface area (Å²) in [6.45, 7) is 4.81. The van der Waals surface area contributed by atoms with E-state index in [-0.39, 0.29) is 23.0 Å². The van der Waals surface area contributed by atoms with Crippen LogP contribution in [-0.2, 0) is 11.3 Å². The largest absolute Gasteiger partial charge is 0.461 e. The molecule has 3 rings (SSSR count). The third-order valence-electron chi connectivity index (χ3n) is 3.71. The number of nitrogens with one attached hydrogen (secondary N) is 1. The molecule has 0 radical (unpaired) electrons. The Morgan fingerprint density at radius 1 is 1.29 bits per heavy atom. The molecule has 1 N–H and O–H groups in total. The summed E-state index contributed by atoms with van der Waals surface area (Å²) >= 11 is 1.21. The number of nitrogens with zero attached hydrogens (tertiary/aromatic N) is 4. The van der Waals surface area contributed by atoms with Crippen LogP contribution in [0.5, 0.6) is 0 Å². The molecule has 3 aromatic rings. The fourth-order valence-electron chi connectivity index (χ4n) is 2.57. The first kappa shape index (κ1) is 19.6. The lowest BCUT2D eigenvalue weighted by Gasteiger charge is -2.11. The van der Waals surface area contributed by atoms with E-state index in [1.165, 1.54) is 23.9 Å². The van der Waals surface area contributed by atoms with Gasteiger partial charge in [0.2, 0.25) is 5.91 Å². The quantitative estimate of drug-likeness (QED) is 0.346. The molecule has 2 heterocycles. The number of nitro groups is 1. The van der Waals surface area contributed by atoms with E-state index in [0.29, 0.717) is 29.2 Å². The Morgan fingerprint density at radius 3 is 2.75 bits per heavy atom. The molecule has 0 aliphatic carbocycles. The molecule has 0 unspecified atom stereocenters. The number of nitro benzene ring substituents is 1. The number of thioether (sulfide) groups is 1. The van der Waals surface area contributed by atoms with Gasteiger partial charge in [-0.25, -0.2) is 0 Å². The van der Waals surface area contributed by atoms with Crippen LogP contribution in [0.25, 0.3) is 11.6 Å². The second kappa shape index (κ2) is 8.70. The number of rotatable bonds is 8. The Kier molecular flexibility index (Phi) is 6.09. The molecule has 0 aliphatic heterocycles. The molecule has 0 saturated heterocycles. The van der Waals surface area contributed by atoms with Crippen molar-refractivity contribution < 1.29 is 14.1 Å². The summed E-state index contributed by atoms with van der Waals surface area (Å²) in [4.78, 5) is 22.8. The molecule has 146 valence electrons. The van der Waals surface area contributed by atoms with Crippen LogP contribution >= 0.6 is 11.8 Å². The summed E-state index contributed by atoms with van der Waals surface area (Å²) in [6, 6.07) is 9.60. The fraction of sp³-hybridized carbons (Fsp3) is 0.278. The van der Waals surface area contributed by atoms with Gasteiger partial charge in [0, 0.05) is 12.6 Å². The van der Waals surface area contributed by atoms with Gasteiger partial charge in [-0.15, -0.1) is 10.2 Å². The molecule has 1 aromatic carbocycles. The minimum Gasteiger partial charge on any atom is -0.461 e. The average molecular weight is 401 g/mol. The molecule has 10 heteroatoms. The van der Waals surface area contributed by atoms with E-state index in [0.717, 1.165) is 0 Å². The highest BCUT2D eigenvalue weighted by Crippen LogP contribution is 2.27. The molecule has 0 bridgehead atoms. The van der Waals surface area contributed by atoms with Gasteiger partial charge >= 0.3 is 0 Å². The van der Waals surface area contributed by atoms with Gasteiger partial charge in [-0.05, 0) is 24.1 Å². The van der Waals surface area contributed by atoms with Crippen molar-refractivity contribution >= 4 is 29.0 Å². The number of aromatic nitrogens is 3. The van der Waals surface area contributed by atoms with Crippen LogP contribution in [-0.4, -0.2) is 31.3 Å². The smallest absolute Gasteiger partial charge is 0.292 e. The molecule has 2 aromatic heterocycles. The maximum atomic E-state index is 12.3. The number of para-hydroxylation sites is 2. The van der Waals surface area contributed by atoms with E-state index >= 15 is 0 Å². The van der Waals surface area contributed by atoms with Crippen molar-refractivity contribution in [2.24, 2.45) is 5.92 Å². The lowest BCUT2D eigenvalue weighted by Crippen LogP contribution is -2.16. The molecule has 9 nitrogen and oxygen atoms in total. The molecule has 1 amide bonds. The fourth-order valence-corrected chi connectivity index (χ4v) is 3.32. The van der Waals surface area contributed by atoms with Crippen molar-refractivity contribution in [1.82, 2.24) is 14.8 Å². The van der Waals surface area contributed by atoms with Crippen LogP contribution < -0.4 is 5.32 Å². The highest BCUT2D eigenvalue weighted by atomic mass is 32.2. The number of hydrogen-bond acceptors (Lipinski definition) is 7.